The first-order chi connectivity index (χ1) is 8.91. The van der Waals surface area contributed by atoms with E-state index in [-0.39, 0.29) is 10.4 Å². The number of non-ortho nitro benzene ring substituents is 1. The molecule has 0 amide bonds. The van der Waals surface area contributed by atoms with Gasteiger partial charge in [-0.2, -0.15) is 11.8 Å². The first-order valence-corrected chi connectivity index (χ1v) is 7.07. The van der Waals surface area contributed by atoms with Crippen molar-refractivity contribution in [2.75, 3.05) is 18.1 Å². The second-order valence-corrected chi connectivity index (χ2v) is 6.37. The Morgan fingerprint density at radius 2 is 2.26 bits per heavy atom. The summed E-state index contributed by atoms with van der Waals surface area (Å²) in [6.45, 7) is 5.03. The summed E-state index contributed by atoms with van der Waals surface area (Å²) >= 11 is 1.77. The molecule has 0 aliphatic rings. The van der Waals surface area contributed by atoms with Crippen molar-refractivity contribution in [1.82, 2.24) is 9.97 Å². The van der Waals surface area contributed by atoms with Gasteiger partial charge in [0, 0.05) is 23.4 Å². The molecule has 0 unspecified atom stereocenters. The molecule has 1 aromatic heterocycles. The zero-order valence-electron chi connectivity index (χ0n) is 11.1. The normalized spacial score (nSPS) is 11.7. The first-order valence-electron chi connectivity index (χ1n) is 5.84. The van der Waals surface area contributed by atoms with E-state index in [0.717, 1.165) is 12.1 Å². The first kappa shape index (κ1) is 13.7. The van der Waals surface area contributed by atoms with Crippen LogP contribution in [0.2, 0.25) is 0 Å². The summed E-state index contributed by atoms with van der Waals surface area (Å²) in [7, 11) is 0. The molecule has 2 rings (SSSR count). The van der Waals surface area contributed by atoms with Crippen molar-refractivity contribution in [2.24, 2.45) is 0 Å². The molecule has 0 radical (unpaired) electrons. The van der Waals surface area contributed by atoms with E-state index in [9.17, 15) is 10.1 Å². The van der Waals surface area contributed by atoms with Crippen LogP contribution in [0.15, 0.2) is 18.2 Å². The Bertz CT molecular complexity index is 609. The maximum absolute atomic E-state index is 10.7. The summed E-state index contributed by atoms with van der Waals surface area (Å²) in [6.07, 6.45) is 2.06. The summed E-state index contributed by atoms with van der Waals surface area (Å²) < 4.78 is 0.102. The number of nitro groups is 1. The lowest BCUT2D eigenvalue weighted by Gasteiger charge is -2.21. The third kappa shape index (κ3) is 3.17. The molecule has 0 aliphatic heterocycles. The van der Waals surface area contributed by atoms with Crippen LogP contribution in [-0.2, 0) is 0 Å². The summed E-state index contributed by atoms with van der Waals surface area (Å²) in [6, 6.07) is 4.60. The quantitative estimate of drug-likeness (QED) is 0.649. The Balaban J connectivity index is 2.20. The van der Waals surface area contributed by atoms with Crippen molar-refractivity contribution in [3.8, 4) is 0 Å². The average Bonchev–Trinajstić information content (AvgIpc) is 2.78. The lowest BCUT2D eigenvalue weighted by Crippen LogP contribution is -2.26. The fourth-order valence-corrected chi connectivity index (χ4v) is 1.78. The number of nitrogens with one attached hydrogen (secondary N) is 2. The predicted octanol–water partition coefficient (Wildman–Crippen LogP) is 3.02. The molecule has 0 bridgehead atoms. The number of hydrogen-bond donors (Lipinski definition) is 2. The molecule has 2 aromatic rings. The van der Waals surface area contributed by atoms with Crippen LogP contribution in [0.1, 0.15) is 13.8 Å². The minimum atomic E-state index is -0.412. The van der Waals surface area contributed by atoms with Crippen LogP contribution in [-0.4, -0.2) is 32.4 Å². The fraction of sp³-hybridized carbons (Fsp3) is 0.417. The Morgan fingerprint density at radius 1 is 1.53 bits per heavy atom. The number of aromatic amines is 1. The molecule has 0 saturated heterocycles. The number of anilines is 1. The van der Waals surface area contributed by atoms with Crippen molar-refractivity contribution >= 4 is 34.4 Å². The Hall–Kier alpha value is -1.76. The predicted molar refractivity (Wildman–Crippen MR) is 78.8 cm³/mol. The van der Waals surface area contributed by atoms with Gasteiger partial charge in [0.05, 0.1) is 16.0 Å². The minimum Gasteiger partial charge on any atom is -0.354 e. The molecule has 19 heavy (non-hydrogen) atoms. The Morgan fingerprint density at radius 3 is 2.89 bits per heavy atom. The summed E-state index contributed by atoms with van der Waals surface area (Å²) in [5.74, 6) is 0.637. The molecule has 0 atom stereocenters. The molecule has 7 heteroatoms. The van der Waals surface area contributed by atoms with Crippen LogP contribution in [0.25, 0.3) is 11.0 Å². The highest BCUT2D eigenvalue weighted by atomic mass is 32.2. The van der Waals surface area contributed by atoms with E-state index in [4.69, 9.17) is 0 Å². The van der Waals surface area contributed by atoms with Crippen LogP contribution in [0.5, 0.6) is 0 Å². The lowest BCUT2D eigenvalue weighted by molar-refractivity contribution is -0.384. The number of imidazole rings is 1. The van der Waals surface area contributed by atoms with E-state index >= 15 is 0 Å². The maximum Gasteiger partial charge on any atom is 0.271 e. The zero-order valence-corrected chi connectivity index (χ0v) is 11.9. The number of hydrogen-bond acceptors (Lipinski definition) is 5. The second kappa shape index (κ2) is 5.08. The van der Waals surface area contributed by atoms with Crippen molar-refractivity contribution in [2.45, 2.75) is 18.6 Å². The number of thioether (sulfide) groups is 1. The van der Waals surface area contributed by atoms with Gasteiger partial charge in [0.2, 0.25) is 5.95 Å². The molecule has 1 aromatic carbocycles. The zero-order chi connectivity index (χ0) is 14.0. The van der Waals surface area contributed by atoms with E-state index < -0.39 is 4.92 Å². The molecule has 1 heterocycles. The van der Waals surface area contributed by atoms with E-state index in [0.29, 0.717) is 11.5 Å². The number of fused-ring (bicyclic) bond motifs is 1. The van der Waals surface area contributed by atoms with Crippen LogP contribution in [0.4, 0.5) is 11.6 Å². The van der Waals surface area contributed by atoms with Gasteiger partial charge in [0.1, 0.15) is 0 Å². The van der Waals surface area contributed by atoms with Crippen molar-refractivity contribution in [3.05, 3.63) is 28.3 Å². The van der Waals surface area contributed by atoms with Gasteiger partial charge in [-0.1, -0.05) is 0 Å². The minimum absolute atomic E-state index is 0.0622. The topological polar surface area (TPSA) is 83.8 Å². The molecular weight excluding hydrogens is 264 g/mol. The number of nitro benzene ring substituents is 1. The summed E-state index contributed by atoms with van der Waals surface area (Å²) in [5, 5.41) is 13.9. The average molecular weight is 280 g/mol. The van der Waals surface area contributed by atoms with Gasteiger partial charge in [0.25, 0.3) is 5.69 Å². The largest absolute Gasteiger partial charge is 0.354 e. The SMILES string of the molecule is CSC(C)(C)CNc1nc2ccc([N+](=O)[O-])cc2[nH]1. The highest BCUT2D eigenvalue weighted by molar-refractivity contribution is 7.99. The Labute approximate surface area is 115 Å². The van der Waals surface area contributed by atoms with Crippen LogP contribution in [0.3, 0.4) is 0 Å². The maximum atomic E-state index is 10.7. The van der Waals surface area contributed by atoms with E-state index in [1.807, 2.05) is 0 Å². The van der Waals surface area contributed by atoms with Crippen LogP contribution in [0, 0.1) is 10.1 Å². The van der Waals surface area contributed by atoms with Gasteiger partial charge in [-0.15, -0.1) is 0 Å². The number of rotatable bonds is 5. The van der Waals surface area contributed by atoms with Crippen molar-refractivity contribution < 1.29 is 4.92 Å². The van der Waals surface area contributed by atoms with Crippen molar-refractivity contribution in [1.29, 1.82) is 0 Å². The molecule has 102 valence electrons. The van der Waals surface area contributed by atoms with Gasteiger partial charge < -0.3 is 10.3 Å². The molecule has 0 aliphatic carbocycles. The number of nitrogens with zero attached hydrogens (tertiary/aromatic N) is 2. The molecule has 0 fully saturated rings. The van der Waals surface area contributed by atoms with Gasteiger partial charge >= 0.3 is 0 Å². The number of aromatic nitrogens is 2. The molecule has 6 nitrogen and oxygen atoms in total. The third-order valence-corrected chi connectivity index (χ3v) is 4.16. The summed E-state index contributed by atoms with van der Waals surface area (Å²) in [5.41, 5.74) is 1.45. The second-order valence-electron chi connectivity index (χ2n) is 4.86. The van der Waals surface area contributed by atoms with E-state index in [2.05, 4.69) is 35.4 Å². The van der Waals surface area contributed by atoms with E-state index in [1.165, 1.54) is 12.1 Å². The summed E-state index contributed by atoms with van der Waals surface area (Å²) in [4.78, 5) is 17.7. The third-order valence-electron chi connectivity index (χ3n) is 2.91. The Kier molecular flexibility index (Phi) is 3.66. The van der Waals surface area contributed by atoms with Crippen LogP contribution >= 0.6 is 11.8 Å². The standard InChI is InChI=1S/C12H16N4O2S/c1-12(2,19-3)7-13-11-14-9-5-4-8(16(17)18)6-10(9)15-11/h4-6H,7H2,1-3H3,(H2,13,14,15). The van der Waals surface area contributed by atoms with E-state index in [1.54, 1.807) is 17.8 Å². The highest BCUT2D eigenvalue weighted by Gasteiger charge is 2.16. The molecular formula is C12H16N4O2S. The molecule has 2 N–H and O–H groups in total. The van der Waals surface area contributed by atoms with Gasteiger partial charge in [-0.25, -0.2) is 4.98 Å². The smallest absolute Gasteiger partial charge is 0.271 e. The fourth-order valence-electron chi connectivity index (χ4n) is 1.56. The van der Waals surface area contributed by atoms with Gasteiger partial charge in [-0.05, 0) is 26.2 Å². The van der Waals surface area contributed by atoms with Crippen molar-refractivity contribution in [3.63, 3.8) is 0 Å². The number of H-pyrrole nitrogens is 1. The monoisotopic (exact) mass is 280 g/mol. The lowest BCUT2D eigenvalue weighted by atomic mass is 10.2. The highest BCUT2D eigenvalue weighted by Crippen LogP contribution is 2.23. The van der Waals surface area contributed by atoms with Crippen LogP contribution < -0.4 is 5.32 Å². The molecule has 0 saturated carbocycles. The molecule has 0 spiro atoms. The van der Waals surface area contributed by atoms with Gasteiger partial charge in [-0.3, -0.25) is 10.1 Å². The number of benzene rings is 1. The van der Waals surface area contributed by atoms with Gasteiger partial charge in [0.15, 0.2) is 0 Å².